The largest absolute Gasteiger partial charge is 0.309 e. The van der Waals surface area contributed by atoms with Crippen LogP contribution < -0.4 is 0 Å². The maximum atomic E-state index is 5.57. The van der Waals surface area contributed by atoms with Crippen LogP contribution in [0.3, 0.4) is 0 Å². The molecule has 0 spiro atoms. The van der Waals surface area contributed by atoms with Crippen molar-refractivity contribution < 1.29 is 0 Å². The smallest absolute Gasteiger partial charge is 0.164 e. The van der Waals surface area contributed by atoms with Crippen LogP contribution in [0.4, 0.5) is 0 Å². The van der Waals surface area contributed by atoms with Crippen molar-refractivity contribution in [1.29, 1.82) is 0 Å². The zero-order chi connectivity index (χ0) is 52.9. The van der Waals surface area contributed by atoms with Crippen molar-refractivity contribution >= 4 is 43.6 Å². The van der Waals surface area contributed by atoms with E-state index in [0.717, 1.165) is 90.0 Å². The molecule has 3 aromatic heterocycles. The fraction of sp³-hybridized carbons (Fsp3) is 0.0267. The van der Waals surface area contributed by atoms with Gasteiger partial charge in [-0.2, -0.15) is 0 Å². The Morgan fingerprint density at radius 1 is 0.325 bits per heavy atom. The summed E-state index contributed by atoms with van der Waals surface area (Å²) in [5.74, 6) is 2.10. The zero-order valence-electron chi connectivity index (χ0n) is 43.7. The Morgan fingerprint density at radius 2 is 0.800 bits per heavy atom. The van der Waals surface area contributed by atoms with Crippen LogP contribution in [0.2, 0.25) is 0 Å². The van der Waals surface area contributed by atoms with Crippen molar-refractivity contribution in [1.82, 2.24) is 24.1 Å². The maximum Gasteiger partial charge on any atom is 0.164 e. The van der Waals surface area contributed by atoms with Crippen LogP contribution in [0.5, 0.6) is 0 Å². The fourth-order valence-corrected chi connectivity index (χ4v) is 12.1. The van der Waals surface area contributed by atoms with Crippen molar-refractivity contribution in [3.63, 3.8) is 0 Å². The summed E-state index contributed by atoms with van der Waals surface area (Å²) in [4.78, 5) is 16.5. The third-order valence-corrected chi connectivity index (χ3v) is 15.9. The first-order chi connectivity index (χ1) is 39.7. The van der Waals surface area contributed by atoms with E-state index in [1.165, 1.54) is 38.1 Å². The van der Waals surface area contributed by atoms with Crippen LogP contribution in [-0.2, 0) is 0 Å². The van der Waals surface area contributed by atoms with Crippen LogP contribution >= 0.6 is 0 Å². The van der Waals surface area contributed by atoms with E-state index in [4.69, 9.17) is 15.0 Å². The van der Waals surface area contributed by atoms with E-state index in [1.807, 2.05) is 0 Å². The van der Waals surface area contributed by atoms with E-state index in [-0.39, 0.29) is 0 Å². The second kappa shape index (κ2) is 19.8. The van der Waals surface area contributed by atoms with Crippen molar-refractivity contribution in [2.75, 3.05) is 0 Å². The molecule has 1 aliphatic carbocycles. The summed E-state index contributed by atoms with van der Waals surface area (Å²) in [5, 5.41) is 4.81. The predicted molar refractivity (Wildman–Crippen MR) is 332 cm³/mol. The van der Waals surface area contributed by atoms with Crippen LogP contribution in [0.25, 0.3) is 134 Å². The predicted octanol–water partition coefficient (Wildman–Crippen LogP) is 19.3. The third-order valence-electron chi connectivity index (χ3n) is 15.9. The highest BCUT2D eigenvalue weighted by atomic mass is 15.0. The van der Waals surface area contributed by atoms with Crippen LogP contribution in [0.15, 0.2) is 291 Å². The van der Waals surface area contributed by atoms with Gasteiger partial charge in [0.15, 0.2) is 17.5 Å². The normalized spacial score (nSPS) is 13.2. The number of aromatic nitrogens is 5. The Hall–Kier alpha value is -10.5. The number of allylic oxidation sites excluding steroid dienone is 4. The molecule has 5 heteroatoms. The molecule has 376 valence electrons. The lowest BCUT2D eigenvalue weighted by molar-refractivity contribution is 0.854. The molecule has 0 N–H and O–H groups in total. The van der Waals surface area contributed by atoms with Crippen LogP contribution in [0.1, 0.15) is 17.9 Å². The summed E-state index contributed by atoms with van der Waals surface area (Å²) < 4.78 is 4.96. The third kappa shape index (κ3) is 8.23. The van der Waals surface area contributed by atoms with Crippen molar-refractivity contribution in [3.8, 4) is 90.0 Å². The Labute approximate surface area is 464 Å². The van der Waals surface area contributed by atoms with Crippen molar-refractivity contribution in [2.45, 2.75) is 12.3 Å². The molecule has 5 nitrogen and oxygen atoms in total. The minimum atomic E-state index is 0.316. The highest BCUT2D eigenvalue weighted by Crippen LogP contribution is 2.47. The van der Waals surface area contributed by atoms with Gasteiger partial charge in [-0.15, -0.1) is 0 Å². The van der Waals surface area contributed by atoms with Gasteiger partial charge in [-0.3, -0.25) is 0 Å². The second-order valence-corrected chi connectivity index (χ2v) is 20.7. The summed E-state index contributed by atoms with van der Waals surface area (Å²) >= 11 is 0. The topological polar surface area (TPSA) is 48.5 Å². The van der Waals surface area contributed by atoms with Crippen LogP contribution in [-0.4, -0.2) is 24.1 Å². The minimum absolute atomic E-state index is 0.316. The van der Waals surface area contributed by atoms with Gasteiger partial charge in [-0.1, -0.05) is 231 Å². The first kappa shape index (κ1) is 46.8. The molecule has 15 rings (SSSR count). The second-order valence-electron chi connectivity index (χ2n) is 20.7. The van der Waals surface area contributed by atoms with E-state index in [1.54, 1.807) is 0 Å². The Bertz CT molecular complexity index is 4570. The molecule has 1 aliphatic rings. The number of hydrogen-bond donors (Lipinski definition) is 0. The highest BCUT2D eigenvalue weighted by molar-refractivity contribution is 6.26. The van der Waals surface area contributed by atoms with Gasteiger partial charge < -0.3 is 9.13 Å². The summed E-state index contributed by atoms with van der Waals surface area (Å²) in [6, 6.07) is 96.0. The van der Waals surface area contributed by atoms with E-state index < -0.39 is 0 Å². The lowest BCUT2D eigenvalue weighted by Crippen LogP contribution is -2.04. The first-order valence-corrected chi connectivity index (χ1v) is 27.4. The summed E-state index contributed by atoms with van der Waals surface area (Å²) in [6.45, 7) is 0. The highest BCUT2D eigenvalue weighted by Gasteiger charge is 2.26. The minimum Gasteiger partial charge on any atom is -0.309 e. The molecule has 0 fully saturated rings. The Morgan fingerprint density at radius 3 is 1.36 bits per heavy atom. The number of fused-ring (bicyclic) bond motifs is 7. The molecular formula is C75H51N5. The number of rotatable bonds is 10. The van der Waals surface area contributed by atoms with E-state index in [9.17, 15) is 0 Å². The summed E-state index contributed by atoms with van der Waals surface area (Å²) in [6.07, 6.45) is 9.75. The molecule has 0 amide bonds. The maximum absolute atomic E-state index is 5.57. The Kier molecular flexibility index (Phi) is 11.6. The van der Waals surface area contributed by atoms with Crippen molar-refractivity contribution in [3.05, 3.63) is 297 Å². The van der Waals surface area contributed by atoms with Gasteiger partial charge in [0.25, 0.3) is 0 Å². The van der Waals surface area contributed by atoms with Gasteiger partial charge in [0.05, 0.1) is 27.8 Å². The van der Waals surface area contributed by atoms with Gasteiger partial charge in [0.1, 0.15) is 0 Å². The van der Waals surface area contributed by atoms with Gasteiger partial charge in [-0.25, -0.2) is 15.0 Å². The lowest BCUT2D eigenvalue weighted by Gasteiger charge is -2.21. The van der Waals surface area contributed by atoms with Gasteiger partial charge in [-0.05, 0) is 106 Å². The molecule has 0 saturated carbocycles. The SMILES string of the molecule is C1=CCC(c2ccc(-c3nc(-c4cc(-c5ccccc5)cc(-c5ccccc5)c4)nc(-c4cc(-c5ccccc5)c(-n5c6ccccc6c6c5ccc5c7ccccc7n(-c7ccccc7)c56)c(-c5ccccc5)c4)n3)cc2)C=C1. The Balaban J connectivity index is 1.02. The lowest BCUT2D eigenvalue weighted by atomic mass is 9.92. The molecule has 3 heterocycles. The molecule has 0 radical (unpaired) electrons. The molecule has 0 aliphatic heterocycles. The summed E-state index contributed by atoms with van der Waals surface area (Å²) in [7, 11) is 0. The molecule has 1 unspecified atom stereocenters. The summed E-state index contributed by atoms with van der Waals surface area (Å²) in [5.41, 5.74) is 19.4. The molecule has 11 aromatic carbocycles. The van der Waals surface area contributed by atoms with Gasteiger partial charge in [0, 0.05) is 61.0 Å². The zero-order valence-corrected chi connectivity index (χ0v) is 43.7. The van der Waals surface area contributed by atoms with Crippen molar-refractivity contribution in [2.24, 2.45) is 0 Å². The quantitative estimate of drug-likeness (QED) is 0.137. The molecule has 0 bridgehead atoms. The molecule has 80 heavy (non-hydrogen) atoms. The first-order valence-electron chi connectivity index (χ1n) is 27.4. The average Bonchev–Trinajstić information content (AvgIpc) is 4.13. The fourth-order valence-electron chi connectivity index (χ4n) is 12.1. The average molecular weight is 1020 g/mol. The standard InChI is InChI=1S/C75H51N5/c1-7-23-50(24-8-1)53-39-41-56(42-40-53)73-76-74(59-46-57(51-25-9-2-10-26-51)45-58(47-59)52-27-11-3-12-28-52)78-75(77-73)60-48-65(54-29-13-4-14-30-54)71(66(49-60)55-31-15-5-16-32-55)80-68-38-22-20-36-64(68)70-69(80)44-43-63-62-35-19-21-37-67(62)79(72(63)70)61-33-17-6-18-34-61/h1-23,25-50H,24H2. The number of hydrogen-bond acceptors (Lipinski definition) is 3. The molecule has 1 atom stereocenters. The van der Waals surface area contributed by atoms with E-state index >= 15 is 0 Å². The molecule has 14 aromatic rings. The van der Waals surface area contributed by atoms with E-state index in [2.05, 4.69) is 300 Å². The van der Waals surface area contributed by atoms with E-state index in [0.29, 0.717) is 23.4 Å². The van der Waals surface area contributed by atoms with Gasteiger partial charge in [0.2, 0.25) is 0 Å². The number of nitrogens with zero attached hydrogens (tertiary/aromatic N) is 5. The number of para-hydroxylation sites is 3. The monoisotopic (exact) mass is 1020 g/mol. The molecule has 0 saturated heterocycles. The molecular weight excluding hydrogens is 971 g/mol. The van der Waals surface area contributed by atoms with Crippen LogP contribution in [0, 0.1) is 0 Å². The number of benzene rings is 11. The van der Waals surface area contributed by atoms with Gasteiger partial charge >= 0.3 is 0 Å².